The zero-order valence-electron chi connectivity index (χ0n) is 14.0. The minimum atomic E-state index is -0.299. The molecule has 9 heteroatoms. The molecule has 1 amide bonds. The number of hydrogen-bond donors (Lipinski definition) is 1. The number of nitrogens with one attached hydrogen (secondary N) is 1. The van der Waals surface area contributed by atoms with Gasteiger partial charge in [0.05, 0.1) is 5.39 Å². The van der Waals surface area contributed by atoms with Crippen LogP contribution in [0.2, 0.25) is 0 Å². The summed E-state index contributed by atoms with van der Waals surface area (Å²) in [6, 6.07) is 3.92. The zero-order chi connectivity index (χ0) is 17.2. The van der Waals surface area contributed by atoms with Crippen LogP contribution in [0.5, 0.6) is 0 Å². The van der Waals surface area contributed by atoms with Gasteiger partial charge in [-0.2, -0.15) is 5.10 Å². The number of aryl methyl sites for hydroxylation is 1. The average molecular weight is 357 g/mol. The molecule has 0 saturated carbocycles. The maximum atomic E-state index is 12.5. The standard InChI is InChI=1S/C16H19N7OS/c1-22-14-11(13(21-22)15(24)19-16-20-17-10-25-16)6-7-12(18-14)23-8-4-2-3-5-9-23/h6-7,10H,2-5,8-9H2,1H3,(H,19,20,24). The van der Waals surface area contributed by atoms with E-state index in [2.05, 4.69) is 25.5 Å². The summed E-state index contributed by atoms with van der Waals surface area (Å²) in [5.74, 6) is 0.653. The predicted molar refractivity (Wildman–Crippen MR) is 97.1 cm³/mol. The number of amides is 1. The maximum absolute atomic E-state index is 12.5. The lowest BCUT2D eigenvalue weighted by Gasteiger charge is -2.21. The van der Waals surface area contributed by atoms with Crippen molar-refractivity contribution < 1.29 is 4.79 Å². The van der Waals surface area contributed by atoms with Crippen molar-refractivity contribution in [1.82, 2.24) is 25.0 Å². The van der Waals surface area contributed by atoms with E-state index >= 15 is 0 Å². The fraction of sp³-hybridized carbons (Fsp3) is 0.438. The number of hydrogen-bond acceptors (Lipinski definition) is 7. The van der Waals surface area contributed by atoms with Gasteiger partial charge in [0, 0.05) is 20.1 Å². The molecular formula is C16H19N7OS. The molecule has 1 N–H and O–H groups in total. The molecule has 0 spiro atoms. The van der Waals surface area contributed by atoms with Gasteiger partial charge in [-0.25, -0.2) is 9.67 Å². The molecule has 0 atom stereocenters. The van der Waals surface area contributed by atoms with Crippen LogP contribution in [0.1, 0.15) is 36.2 Å². The first-order chi connectivity index (χ1) is 12.2. The summed E-state index contributed by atoms with van der Waals surface area (Å²) in [6.45, 7) is 2.06. The van der Waals surface area contributed by atoms with Gasteiger partial charge < -0.3 is 4.90 Å². The second-order valence-electron chi connectivity index (χ2n) is 6.11. The van der Waals surface area contributed by atoms with Crippen molar-refractivity contribution in [3.8, 4) is 0 Å². The van der Waals surface area contributed by atoms with Gasteiger partial charge in [-0.15, -0.1) is 10.2 Å². The number of anilines is 2. The Labute approximate surface area is 148 Å². The Morgan fingerprint density at radius 3 is 2.72 bits per heavy atom. The quantitative estimate of drug-likeness (QED) is 0.774. The Balaban J connectivity index is 1.65. The minimum absolute atomic E-state index is 0.299. The van der Waals surface area contributed by atoms with E-state index < -0.39 is 0 Å². The third-order valence-electron chi connectivity index (χ3n) is 4.40. The van der Waals surface area contributed by atoms with Crippen LogP contribution in [-0.4, -0.2) is 44.0 Å². The number of nitrogens with zero attached hydrogens (tertiary/aromatic N) is 6. The summed E-state index contributed by atoms with van der Waals surface area (Å²) in [5.41, 5.74) is 2.63. The van der Waals surface area contributed by atoms with Crippen LogP contribution >= 0.6 is 11.3 Å². The van der Waals surface area contributed by atoms with Gasteiger partial charge in [0.1, 0.15) is 11.3 Å². The number of aromatic nitrogens is 5. The lowest BCUT2D eigenvalue weighted by atomic mass is 10.2. The summed E-state index contributed by atoms with van der Waals surface area (Å²) in [7, 11) is 1.81. The van der Waals surface area contributed by atoms with Crippen LogP contribution in [0.15, 0.2) is 17.6 Å². The highest BCUT2D eigenvalue weighted by Crippen LogP contribution is 2.23. The number of rotatable bonds is 3. The van der Waals surface area contributed by atoms with Crippen LogP contribution in [-0.2, 0) is 7.05 Å². The fourth-order valence-corrected chi connectivity index (χ4v) is 3.59. The van der Waals surface area contributed by atoms with E-state index in [1.54, 1.807) is 10.2 Å². The molecule has 0 aromatic carbocycles. The van der Waals surface area contributed by atoms with E-state index in [1.807, 2.05) is 19.2 Å². The van der Waals surface area contributed by atoms with Crippen molar-refractivity contribution in [3.63, 3.8) is 0 Å². The van der Waals surface area contributed by atoms with Gasteiger partial charge in [0.2, 0.25) is 5.13 Å². The first-order valence-electron chi connectivity index (χ1n) is 8.38. The second-order valence-corrected chi connectivity index (χ2v) is 6.95. The Morgan fingerprint density at radius 2 is 2.00 bits per heavy atom. The molecule has 0 aliphatic carbocycles. The number of fused-ring (bicyclic) bond motifs is 1. The molecule has 1 saturated heterocycles. The molecule has 25 heavy (non-hydrogen) atoms. The van der Waals surface area contributed by atoms with Crippen molar-refractivity contribution in [1.29, 1.82) is 0 Å². The Bertz CT molecular complexity index is 881. The summed E-state index contributed by atoms with van der Waals surface area (Å²) in [5, 5.41) is 15.8. The highest BCUT2D eigenvalue weighted by atomic mass is 32.1. The molecule has 1 aliphatic heterocycles. The number of carbonyl (C=O) groups excluding carboxylic acids is 1. The summed E-state index contributed by atoms with van der Waals surface area (Å²) in [6.07, 6.45) is 4.95. The van der Waals surface area contributed by atoms with Crippen molar-refractivity contribution >= 4 is 39.2 Å². The van der Waals surface area contributed by atoms with Gasteiger partial charge >= 0.3 is 0 Å². The van der Waals surface area contributed by atoms with Gasteiger partial charge in [-0.3, -0.25) is 10.1 Å². The molecule has 3 aromatic heterocycles. The van der Waals surface area contributed by atoms with E-state index in [0.717, 1.165) is 24.3 Å². The van der Waals surface area contributed by atoms with Gasteiger partial charge in [-0.05, 0) is 25.0 Å². The van der Waals surface area contributed by atoms with Crippen molar-refractivity contribution in [2.45, 2.75) is 25.7 Å². The summed E-state index contributed by atoms with van der Waals surface area (Å²) in [4.78, 5) is 19.6. The average Bonchev–Trinajstić information content (AvgIpc) is 3.14. The number of carbonyl (C=O) groups is 1. The second kappa shape index (κ2) is 6.75. The zero-order valence-corrected chi connectivity index (χ0v) is 14.8. The highest BCUT2D eigenvalue weighted by molar-refractivity contribution is 7.13. The molecule has 1 fully saturated rings. The Morgan fingerprint density at radius 1 is 1.20 bits per heavy atom. The molecule has 1 aliphatic rings. The van der Waals surface area contributed by atoms with Crippen molar-refractivity contribution in [2.75, 3.05) is 23.3 Å². The lowest BCUT2D eigenvalue weighted by Crippen LogP contribution is -2.24. The normalized spacial score (nSPS) is 15.3. The molecule has 3 aromatic rings. The summed E-state index contributed by atoms with van der Waals surface area (Å²) < 4.78 is 1.66. The maximum Gasteiger partial charge on any atom is 0.278 e. The molecule has 0 radical (unpaired) electrons. The molecule has 8 nitrogen and oxygen atoms in total. The van der Waals surface area contributed by atoms with E-state index in [4.69, 9.17) is 4.98 Å². The van der Waals surface area contributed by atoms with Crippen LogP contribution < -0.4 is 10.2 Å². The van der Waals surface area contributed by atoms with Crippen LogP contribution in [0.3, 0.4) is 0 Å². The van der Waals surface area contributed by atoms with Gasteiger partial charge in [-0.1, -0.05) is 24.2 Å². The van der Waals surface area contributed by atoms with Gasteiger partial charge in [0.25, 0.3) is 5.91 Å². The topological polar surface area (TPSA) is 88.8 Å². The highest BCUT2D eigenvalue weighted by Gasteiger charge is 2.20. The molecule has 130 valence electrons. The van der Waals surface area contributed by atoms with E-state index in [9.17, 15) is 4.79 Å². The van der Waals surface area contributed by atoms with Crippen LogP contribution in [0.25, 0.3) is 11.0 Å². The van der Waals surface area contributed by atoms with E-state index in [1.165, 1.54) is 37.0 Å². The summed E-state index contributed by atoms with van der Waals surface area (Å²) >= 11 is 1.27. The molecular weight excluding hydrogens is 338 g/mol. The SMILES string of the molecule is Cn1nc(C(=O)Nc2nncs2)c2ccc(N3CCCCCC3)nc21. The van der Waals surface area contributed by atoms with Crippen molar-refractivity contribution in [2.24, 2.45) is 7.05 Å². The minimum Gasteiger partial charge on any atom is -0.357 e. The van der Waals surface area contributed by atoms with Crippen LogP contribution in [0, 0.1) is 0 Å². The fourth-order valence-electron chi connectivity index (χ4n) is 3.15. The molecule has 4 heterocycles. The lowest BCUT2D eigenvalue weighted by molar-refractivity contribution is 0.102. The largest absolute Gasteiger partial charge is 0.357 e. The Hall–Kier alpha value is -2.55. The van der Waals surface area contributed by atoms with Gasteiger partial charge in [0.15, 0.2) is 11.3 Å². The third-order valence-corrected chi connectivity index (χ3v) is 5.00. The predicted octanol–water partition coefficient (Wildman–Crippen LogP) is 2.45. The third kappa shape index (κ3) is 3.19. The Kier molecular flexibility index (Phi) is 4.31. The monoisotopic (exact) mass is 357 g/mol. The number of pyridine rings is 1. The first kappa shape index (κ1) is 15.9. The van der Waals surface area contributed by atoms with E-state index in [0.29, 0.717) is 16.5 Å². The molecule has 0 unspecified atom stereocenters. The molecule has 0 bridgehead atoms. The van der Waals surface area contributed by atoms with Crippen LogP contribution in [0.4, 0.5) is 10.9 Å². The molecule has 4 rings (SSSR count). The first-order valence-corrected chi connectivity index (χ1v) is 9.26. The van der Waals surface area contributed by atoms with Crippen molar-refractivity contribution in [3.05, 3.63) is 23.3 Å². The smallest absolute Gasteiger partial charge is 0.278 e. The van der Waals surface area contributed by atoms with E-state index in [-0.39, 0.29) is 5.91 Å².